The van der Waals surface area contributed by atoms with Crippen molar-refractivity contribution in [2.45, 2.75) is 71.9 Å². The Labute approximate surface area is 113 Å². The minimum Gasteiger partial charge on any atom is -0.311 e. The molecule has 2 unspecified atom stereocenters. The average Bonchev–Trinajstić information content (AvgIpc) is 2.37. The van der Waals surface area contributed by atoms with Crippen molar-refractivity contribution in [2.24, 2.45) is 0 Å². The van der Waals surface area contributed by atoms with Gasteiger partial charge in [-0.1, -0.05) is 51.0 Å². The highest BCUT2D eigenvalue weighted by Gasteiger charge is 2.11. The molecule has 1 nitrogen and oxygen atoms in total. The molecule has 18 heavy (non-hydrogen) atoms. The fourth-order valence-electron chi connectivity index (χ4n) is 2.49. The summed E-state index contributed by atoms with van der Waals surface area (Å²) in [5, 5.41) is 3.78. The van der Waals surface area contributed by atoms with Gasteiger partial charge in [-0.2, -0.15) is 0 Å². The third-order valence-electron chi connectivity index (χ3n) is 3.71. The predicted octanol–water partition coefficient (Wildman–Crippen LogP) is 4.48. The van der Waals surface area contributed by atoms with Crippen LogP contribution < -0.4 is 5.32 Å². The second-order valence-corrected chi connectivity index (χ2v) is 5.45. The number of aryl methyl sites for hydroxylation is 1. The van der Waals surface area contributed by atoms with Gasteiger partial charge < -0.3 is 5.32 Å². The molecule has 0 bridgehead atoms. The molecule has 0 aliphatic rings. The monoisotopic (exact) mass is 247 g/mol. The lowest BCUT2D eigenvalue weighted by molar-refractivity contribution is 0.402. The summed E-state index contributed by atoms with van der Waals surface area (Å²) in [5.74, 6) is 0. The molecule has 1 N–H and O–H groups in total. The van der Waals surface area contributed by atoms with E-state index in [2.05, 4.69) is 57.3 Å². The summed E-state index contributed by atoms with van der Waals surface area (Å²) in [5.41, 5.74) is 2.88. The van der Waals surface area contributed by atoms with E-state index < -0.39 is 0 Å². The van der Waals surface area contributed by atoms with Gasteiger partial charge in [-0.05, 0) is 44.2 Å². The van der Waals surface area contributed by atoms with Gasteiger partial charge in [0.2, 0.25) is 0 Å². The minimum atomic E-state index is 0.563. The number of hydrogen-bond acceptors (Lipinski definition) is 1. The van der Waals surface area contributed by atoms with Gasteiger partial charge in [0.1, 0.15) is 0 Å². The topological polar surface area (TPSA) is 12.0 Å². The molecule has 1 rings (SSSR count). The number of benzene rings is 1. The zero-order valence-electron chi connectivity index (χ0n) is 12.5. The van der Waals surface area contributed by atoms with Crippen LogP contribution in [0.3, 0.4) is 0 Å². The first-order valence-electron chi connectivity index (χ1n) is 7.47. The van der Waals surface area contributed by atoms with Crippen molar-refractivity contribution in [2.75, 3.05) is 0 Å². The van der Waals surface area contributed by atoms with Crippen LogP contribution in [0.4, 0.5) is 0 Å². The van der Waals surface area contributed by atoms with Gasteiger partial charge in [0.05, 0.1) is 0 Å². The summed E-state index contributed by atoms with van der Waals surface area (Å²) in [6.07, 6.45) is 6.31. The van der Waals surface area contributed by atoms with Crippen molar-refractivity contribution in [3.63, 3.8) is 0 Å². The van der Waals surface area contributed by atoms with Gasteiger partial charge in [0.15, 0.2) is 0 Å². The maximum atomic E-state index is 3.78. The van der Waals surface area contributed by atoms with E-state index in [1.165, 1.54) is 36.8 Å². The van der Waals surface area contributed by atoms with Crippen LogP contribution in [-0.2, 0) is 6.42 Å². The maximum absolute atomic E-state index is 3.78. The maximum Gasteiger partial charge on any atom is 0.00818 e. The summed E-state index contributed by atoms with van der Waals surface area (Å²) in [4.78, 5) is 0. The van der Waals surface area contributed by atoms with Gasteiger partial charge in [0.25, 0.3) is 0 Å². The van der Waals surface area contributed by atoms with E-state index in [1.807, 2.05) is 0 Å². The molecule has 2 atom stereocenters. The zero-order chi connectivity index (χ0) is 13.4. The highest BCUT2D eigenvalue weighted by atomic mass is 14.9. The van der Waals surface area contributed by atoms with E-state index in [9.17, 15) is 0 Å². The van der Waals surface area contributed by atoms with Gasteiger partial charge in [-0.3, -0.25) is 0 Å². The molecule has 0 saturated heterocycles. The third-order valence-corrected chi connectivity index (χ3v) is 3.71. The molecule has 0 amide bonds. The van der Waals surface area contributed by atoms with Gasteiger partial charge >= 0.3 is 0 Å². The fraction of sp³-hybridized carbons (Fsp3) is 0.647. The number of unbranched alkanes of at least 4 members (excludes halogenated alkanes) is 1. The molecule has 1 aromatic rings. The summed E-state index contributed by atoms with van der Waals surface area (Å²) in [7, 11) is 0. The summed E-state index contributed by atoms with van der Waals surface area (Å²) in [6, 6.07) is 9.96. The Kier molecular flexibility index (Phi) is 7.04. The first kappa shape index (κ1) is 15.2. The minimum absolute atomic E-state index is 0.563. The second kappa shape index (κ2) is 8.31. The highest BCUT2D eigenvalue weighted by molar-refractivity contribution is 5.26. The lowest BCUT2D eigenvalue weighted by atomic mass is 10.00. The zero-order valence-corrected chi connectivity index (χ0v) is 12.5. The SMILES string of the molecule is CCCCC(CC)NC(C)Cc1ccccc1C. The van der Waals surface area contributed by atoms with Gasteiger partial charge in [-0.15, -0.1) is 0 Å². The Morgan fingerprint density at radius 2 is 1.89 bits per heavy atom. The van der Waals surface area contributed by atoms with Crippen molar-refractivity contribution in [1.29, 1.82) is 0 Å². The molecule has 102 valence electrons. The largest absolute Gasteiger partial charge is 0.311 e. The van der Waals surface area contributed by atoms with Crippen LogP contribution in [0.15, 0.2) is 24.3 Å². The molecule has 0 aliphatic carbocycles. The fourth-order valence-corrected chi connectivity index (χ4v) is 2.49. The first-order valence-corrected chi connectivity index (χ1v) is 7.47. The predicted molar refractivity (Wildman–Crippen MR) is 81.1 cm³/mol. The molecule has 0 heterocycles. The Morgan fingerprint density at radius 1 is 1.17 bits per heavy atom. The lowest BCUT2D eigenvalue weighted by Gasteiger charge is -2.23. The van der Waals surface area contributed by atoms with Crippen molar-refractivity contribution < 1.29 is 0 Å². The van der Waals surface area contributed by atoms with Crippen molar-refractivity contribution >= 4 is 0 Å². The summed E-state index contributed by atoms with van der Waals surface area (Å²) < 4.78 is 0. The van der Waals surface area contributed by atoms with Crippen LogP contribution in [0, 0.1) is 6.92 Å². The highest BCUT2D eigenvalue weighted by Crippen LogP contribution is 2.11. The molecule has 0 aromatic heterocycles. The molecule has 0 aliphatic heterocycles. The Morgan fingerprint density at radius 3 is 2.50 bits per heavy atom. The molecular formula is C17H29N. The smallest absolute Gasteiger partial charge is 0.00818 e. The summed E-state index contributed by atoms with van der Waals surface area (Å²) >= 11 is 0. The van der Waals surface area contributed by atoms with E-state index in [0.717, 1.165) is 6.42 Å². The normalized spacial score (nSPS) is 14.4. The van der Waals surface area contributed by atoms with Crippen LogP contribution in [-0.4, -0.2) is 12.1 Å². The average molecular weight is 247 g/mol. The Hall–Kier alpha value is -0.820. The van der Waals surface area contributed by atoms with Crippen molar-refractivity contribution in [3.8, 4) is 0 Å². The molecule has 0 spiro atoms. The van der Waals surface area contributed by atoms with Crippen LogP contribution in [0.2, 0.25) is 0 Å². The molecular weight excluding hydrogens is 218 g/mol. The number of hydrogen-bond donors (Lipinski definition) is 1. The van der Waals surface area contributed by atoms with Crippen LogP contribution in [0.1, 0.15) is 57.6 Å². The third kappa shape index (κ3) is 5.22. The van der Waals surface area contributed by atoms with E-state index in [0.29, 0.717) is 12.1 Å². The van der Waals surface area contributed by atoms with E-state index >= 15 is 0 Å². The quantitative estimate of drug-likeness (QED) is 0.714. The standard InChI is InChI=1S/C17H29N/c1-5-7-12-17(6-2)18-15(4)13-16-11-9-8-10-14(16)3/h8-11,15,17-18H,5-7,12-13H2,1-4H3. The molecule has 0 radical (unpaired) electrons. The molecule has 1 heteroatoms. The van der Waals surface area contributed by atoms with E-state index in [-0.39, 0.29) is 0 Å². The van der Waals surface area contributed by atoms with Crippen molar-refractivity contribution in [3.05, 3.63) is 35.4 Å². The molecule has 0 fully saturated rings. The molecule has 1 aromatic carbocycles. The van der Waals surface area contributed by atoms with Crippen molar-refractivity contribution in [1.82, 2.24) is 5.32 Å². The van der Waals surface area contributed by atoms with Crippen LogP contribution in [0.25, 0.3) is 0 Å². The number of rotatable bonds is 8. The lowest BCUT2D eigenvalue weighted by Crippen LogP contribution is -2.37. The first-order chi connectivity index (χ1) is 8.67. The summed E-state index contributed by atoms with van der Waals surface area (Å²) in [6.45, 7) is 9.06. The second-order valence-electron chi connectivity index (χ2n) is 5.45. The Bertz CT molecular complexity index is 332. The van der Waals surface area contributed by atoms with Crippen LogP contribution in [0.5, 0.6) is 0 Å². The van der Waals surface area contributed by atoms with E-state index in [1.54, 1.807) is 0 Å². The van der Waals surface area contributed by atoms with E-state index in [4.69, 9.17) is 0 Å². The van der Waals surface area contributed by atoms with Gasteiger partial charge in [0, 0.05) is 12.1 Å². The Balaban J connectivity index is 2.45. The van der Waals surface area contributed by atoms with Gasteiger partial charge in [-0.25, -0.2) is 0 Å². The number of nitrogens with one attached hydrogen (secondary N) is 1. The molecule has 0 saturated carbocycles. The van der Waals surface area contributed by atoms with Crippen LogP contribution >= 0.6 is 0 Å².